The fraction of sp³-hybridized carbons (Fsp3) is 1.00. The number of hydrogen-bond acceptors (Lipinski definition) is 2. The van der Waals surface area contributed by atoms with Gasteiger partial charge in [0.2, 0.25) is 6.29 Å². The Bertz CT molecular complexity index is 720. The first-order valence-electron chi connectivity index (χ1n) is 8.34. The summed E-state index contributed by atoms with van der Waals surface area (Å²) < 4.78 is 259. The third-order valence-electron chi connectivity index (χ3n) is 4.07. The van der Waals surface area contributed by atoms with E-state index in [-0.39, 0.29) is 0 Å². The van der Waals surface area contributed by atoms with E-state index in [9.17, 15) is 83.4 Å². The zero-order chi connectivity index (χ0) is 28.9. The van der Waals surface area contributed by atoms with Crippen LogP contribution in [0.25, 0.3) is 0 Å². The average molecular weight is 572 g/mol. The van der Waals surface area contributed by atoms with Crippen molar-refractivity contribution in [2.75, 3.05) is 13.2 Å². The lowest BCUT2D eigenvalue weighted by Gasteiger charge is -2.44. The summed E-state index contributed by atoms with van der Waals surface area (Å²) in [4.78, 5) is 0. The molecular weight excluding hydrogens is 561 g/mol. The molecule has 35 heavy (non-hydrogen) atoms. The molecule has 0 N–H and O–H groups in total. The van der Waals surface area contributed by atoms with E-state index in [1.807, 2.05) is 0 Å². The summed E-state index contributed by atoms with van der Waals surface area (Å²) in [6.07, 6.45) is -11.9. The second kappa shape index (κ2) is 9.16. The maximum absolute atomic E-state index is 13.9. The largest absolute Gasteiger partial charge is 0.460 e. The summed E-state index contributed by atoms with van der Waals surface area (Å²) in [6.45, 7) is -0.925. The summed E-state index contributed by atoms with van der Waals surface area (Å²) >= 11 is 0. The molecule has 0 aliphatic rings. The van der Waals surface area contributed by atoms with Gasteiger partial charge in [-0.05, 0) is 13.8 Å². The lowest BCUT2D eigenvalue weighted by molar-refractivity contribution is -0.474. The SMILES string of the molecule is CCOC(OCC)C(F)(F)C(F)(F)C(F)(F)C(F)(F)C(F)(F)C(F)(F)C(F)(F)C(F)(F)C(F)(F)F. The molecule has 0 spiro atoms. The van der Waals surface area contributed by atoms with Crippen LogP contribution in [0.15, 0.2) is 0 Å². The van der Waals surface area contributed by atoms with Gasteiger partial charge in [0, 0.05) is 13.2 Å². The van der Waals surface area contributed by atoms with Crippen molar-refractivity contribution in [2.24, 2.45) is 0 Å². The molecule has 0 aliphatic heterocycles. The Labute approximate surface area is 181 Å². The van der Waals surface area contributed by atoms with Crippen molar-refractivity contribution in [3.05, 3.63) is 0 Å². The van der Waals surface area contributed by atoms with Crippen LogP contribution in [-0.4, -0.2) is 73.1 Å². The van der Waals surface area contributed by atoms with E-state index < -0.39 is 73.1 Å². The molecule has 0 radical (unpaired) electrons. The highest BCUT2D eigenvalue weighted by molar-refractivity contribution is 5.17. The third-order valence-corrected chi connectivity index (χ3v) is 4.07. The van der Waals surface area contributed by atoms with E-state index in [1.54, 1.807) is 0 Å². The molecule has 0 rings (SSSR count). The molecule has 0 amide bonds. The number of ether oxygens (including phenoxy) is 2. The lowest BCUT2D eigenvalue weighted by atomic mass is 9.87. The Kier molecular flexibility index (Phi) is 8.79. The molecule has 0 saturated carbocycles. The monoisotopic (exact) mass is 572 g/mol. The lowest BCUT2D eigenvalue weighted by Crippen LogP contribution is -2.76. The predicted molar refractivity (Wildman–Crippen MR) is 72.7 cm³/mol. The number of hydrogen-bond donors (Lipinski definition) is 0. The van der Waals surface area contributed by atoms with Gasteiger partial charge < -0.3 is 9.47 Å². The van der Waals surface area contributed by atoms with Gasteiger partial charge >= 0.3 is 53.6 Å². The molecule has 0 saturated heterocycles. The highest BCUT2D eigenvalue weighted by Crippen LogP contribution is 2.65. The molecule has 0 atom stereocenters. The van der Waals surface area contributed by atoms with Gasteiger partial charge in [-0.1, -0.05) is 0 Å². The first kappa shape index (κ1) is 33.6. The third kappa shape index (κ3) is 4.47. The van der Waals surface area contributed by atoms with Crippen molar-refractivity contribution in [3.63, 3.8) is 0 Å². The van der Waals surface area contributed by atoms with Crippen LogP contribution in [0.2, 0.25) is 0 Å². The Balaban J connectivity index is 6.95. The van der Waals surface area contributed by atoms with Gasteiger partial charge in [0.15, 0.2) is 0 Å². The molecule has 0 unspecified atom stereocenters. The van der Waals surface area contributed by atoms with Gasteiger partial charge in [-0.2, -0.15) is 83.4 Å². The Hall–Kier alpha value is -1.41. The van der Waals surface area contributed by atoms with Gasteiger partial charge in [-0.15, -0.1) is 0 Å². The fourth-order valence-electron chi connectivity index (χ4n) is 2.08. The van der Waals surface area contributed by atoms with Crippen LogP contribution in [0.4, 0.5) is 83.4 Å². The van der Waals surface area contributed by atoms with Gasteiger partial charge in [0.25, 0.3) is 0 Å². The highest BCUT2D eigenvalue weighted by Gasteiger charge is 2.97. The molecule has 212 valence electrons. The number of alkyl halides is 19. The molecule has 0 aromatic heterocycles. The van der Waals surface area contributed by atoms with Crippen LogP contribution in [0.1, 0.15) is 13.8 Å². The van der Waals surface area contributed by atoms with Gasteiger partial charge in [-0.3, -0.25) is 0 Å². The van der Waals surface area contributed by atoms with Crippen molar-refractivity contribution in [3.8, 4) is 0 Å². The molecule has 0 bridgehead atoms. The Morgan fingerprint density at radius 2 is 0.629 bits per heavy atom. The van der Waals surface area contributed by atoms with Crippen molar-refractivity contribution < 1.29 is 92.9 Å². The molecule has 2 nitrogen and oxygen atoms in total. The van der Waals surface area contributed by atoms with Crippen molar-refractivity contribution in [2.45, 2.75) is 73.7 Å². The first-order valence-corrected chi connectivity index (χ1v) is 8.34. The van der Waals surface area contributed by atoms with E-state index >= 15 is 0 Å². The topological polar surface area (TPSA) is 18.5 Å². The van der Waals surface area contributed by atoms with Crippen LogP contribution in [-0.2, 0) is 9.47 Å². The fourth-order valence-corrected chi connectivity index (χ4v) is 2.08. The zero-order valence-electron chi connectivity index (χ0n) is 16.5. The maximum atomic E-state index is 13.9. The minimum atomic E-state index is -8.95. The maximum Gasteiger partial charge on any atom is 0.460 e. The molecule has 0 fully saturated rings. The second-order valence-electron chi connectivity index (χ2n) is 6.38. The van der Waals surface area contributed by atoms with Crippen LogP contribution in [0.5, 0.6) is 0 Å². The quantitative estimate of drug-likeness (QED) is 0.185. The zero-order valence-corrected chi connectivity index (χ0v) is 16.5. The average Bonchev–Trinajstić information content (AvgIpc) is 2.65. The Morgan fingerprint density at radius 1 is 0.400 bits per heavy atom. The molecule has 0 aromatic carbocycles. The first-order chi connectivity index (χ1) is 15.0. The molecular formula is C14H11F19O2. The van der Waals surface area contributed by atoms with E-state index in [1.165, 1.54) is 0 Å². The summed E-state index contributed by atoms with van der Waals surface area (Å²) in [7, 11) is 0. The van der Waals surface area contributed by atoms with E-state index in [0.717, 1.165) is 0 Å². The number of halogens is 19. The van der Waals surface area contributed by atoms with Crippen LogP contribution in [0.3, 0.4) is 0 Å². The summed E-state index contributed by atoms with van der Waals surface area (Å²) in [6, 6.07) is 0. The van der Waals surface area contributed by atoms with Crippen molar-refractivity contribution in [1.29, 1.82) is 0 Å². The van der Waals surface area contributed by atoms with E-state index in [2.05, 4.69) is 9.47 Å². The second-order valence-corrected chi connectivity index (χ2v) is 6.38. The van der Waals surface area contributed by atoms with Crippen LogP contribution < -0.4 is 0 Å². The molecule has 0 aliphatic carbocycles. The smallest absolute Gasteiger partial charge is 0.347 e. The standard InChI is InChI=1S/C14H11F19O2/c1-3-34-5(35-4-2)6(15,16)7(17,18)8(19,20)9(21,22)10(23,24)11(25,26)12(27,28)13(29,30)14(31,32)33/h5H,3-4H2,1-2H3. The summed E-state index contributed by atoms with van der Waals surface area (Å²) in [5.74, 6) is -67.1. The predicted octanol–water partition coefficient (Wildman–Crippen LogP) is 7.03. The van der Waals surface area contributed by atoms with Crippen LogP contribution in [0, 0.1) is 0 Å². The Morgan fingerprint density at radius 3 is 0.857 bits per heavy atom. The minimum absolute atomic E-state index is 0.685. The van der Waals surface area contributed by atoms with Gasteiger partial charge in [0.05, 0.1) is 0 Å². The molecule has 0 aromatic rings. The van der Waals surface area contributed by atoms with Crippen molar-refractivity contribution in [1.82, 2.24) is 0 Å². The van der Waals surface area contributed by atoms with Gasteiger partial charge in [0.1, 0.15) is 0 Å². The van der Waals surface area contributed by atoms with E-state index in [4.69, 9.17) is 0 Å². The van der Waals surface area contributed by atoms with Crippen LogP contribution >= 0.6 is 0 Å². The number of rotatable bonds is 12. The van der Waals surface area contributed by atoms with Gasteiger partial charge in [-0.25, -0.2) is 0 Å². The van der Waals surface area contributed by atoms with E-state index in [0.29, 0.717) is 13.8 Å². The summed E-state index contributed by atoms with van der Waals surface area (Å²) in [5.41, 5.74) is 0. The highest BCUT2D eigenvalue weighted by atomic mass is 19.4. The molecule has 0 heterocycles. The van der Waals surface area contributed by atoms with Crippen molar-refractivity contribution >= 4 is 0 Å². The summed E-state index contributed by atoms with van der Waals surface area (Å²) in [5, 5.41) is 0. The molecule has 21 heteroatoms. The normalized spacial score (nSPS) is 16.3. The minimum Gasteiger partial charge on any atom is -0.347 e.